The van der Waals surface area contributed by atoms with Crippen molar-refractivity contribution < 1.29 is 4.79 Å². The zero-order valence-electron chi connectivity index (χ0n) is 9.35. The van der Waals surface area contributed by atoms with E-state index in [1.807, 2.05) is 0 Å². The Morgan fingerprint density at radius 2 is 2.29 bits per heavy atom. The van der Waals surface area contributed by atoms with E-state index in [0.29, 0.717) is 24.9 Å². The van der Waals surface area contributed by atoms with E-state index < -0.39 is 6.03 Å². The first-order chi connectivity index (χ1) is 8.18. The maximum Gasteiger partial charge on any atom is 0.312 e. The molecule has 17 heavy (non-hydrogen) atoms. The average Bonchev–Trinajstić information content (AvgIpc) is 3.10. The van der Waals surface area contributed by atoms with Gasteiger partial charge in [-0.25, -0.2) is 9.78 Å². The van der Waals surface area contributed by atoms with Crippen LogP contribution in [0, 0.1) is 0 Å². The van der Waals surface area contributed by atoms with Gasteiger partial charge < -0.3 is 20.9 Å². The van der Waals surface area contributed by atoms with Crippen LogP contribution < -0.4 is 21.9 Å². The smallest absolute Gasteiger partial charge is 0.312 e. The molecular formula is C10H15N5O2. The van der Waals surface area contributed by atoms with Gasteiger partial charge in [0.1, 0.15) is 0 Å². The van der Waals surface area contributed by atoms with Crippen LogP contribution in [0.4, 0.5) is 10.6 Å². The van der Waals surface area contributed by atoms with Crippen LogP contribution in [0.25, 0.3) is 0 Å². The topological polar surface area (TPSA) is 102 Å². The number of carbonyl (C=O) groups excluding carboxylic acids is 1. The summed E-state index contributed by atoms with van der Waals surface area (Å²) in [6.45, 7) is 0.772. The Balaban J connectivity index is 1.94. The van der Waals surface area contributed by atoms with Crippen LogP contribution in [-0.2, 0) is 0 Å². The normalized spacial score (nSPS) is 14.4. The molecule has 1 aliphatic rings. The summed E-state index contributed by atoms with van der Waals surface area (Å²) in [7, 11) is 0. The maximum absolute atomic E-state index is 11.9. The summed E-state index contributed by atoms with van der Waals surface area (Å²) in [6, 6.07) is -0.252. The van der Waals surface area contributed by atoms with Crippen LogP contribution in [-0.4, -0.2) is 28.7 Å². The van der Waals surface area contributed by atoms with Gasteiger partial charge in [0.05, 0.1) is 0 Å². The second kappa shape index (κ2) is 4.86. The lowest BCUT2D eigenvalue weighted by Crippen LogP contribution is -2.34. The number of hydrogen-bond donors (Lipinski definition) is 3. The summed E-state index contributed by atoms with van der Waals surface area (Å²) in [4.78, 5) is 26.3. The van der Waals surface area contributed by atoms with Gasteiger partial charge in [-0.05, 0) is 12.8 Å². The Labute approximate surface area is 98.0 Å². The molecule has 1 aliphatic carbocycles. The van der Waals surface area contributed by atoms with Crippen molar-refractivity contribution in [3.63, 3.8) is 0 Å². The summed E-state index contributed by atoms with van der Waals surface area (Å²) in [5.74, 6) is 0.311. The molecule has 4 N–H and O–H groups in total. The molecule has 0 aromatic carbocycles. The molecule has 7 heteroatoms. The van der Waals surface area contributed by atoms with Crippen molar-refractivity contribution in [1.29, 1.82) is 0 Å². The first kappa shape index (κ1) is 11.4. The highest BCUT2D eigenvalue weighted by Gasteiger charge is 2.25. The zero-order valence-corrected chi connectivity index (χ0v) is 9.35. The van der Waals surface area contributed by atoms with Gasteiger partial charge in [0.2, 0.25) is 0 Å². The standard InChI is InChI=1S/C10H15N5O2/c11-10(17)14-4-3-12-8-9(16)15(6-5-13-8)7-1-2-7/h5-7H,1-4H2,(H,12,13)(H3,11,14,17). The van der Waals surface area contributed by atoms with E-state index in [4.69, 9.17) is 5.73 Å². The minimum Gasteiger partial charge on any atom is -0.364 e. The third kappa shape index (κ3) is 2.96. The van der Waals surface area contributed by atoms with E-state index in [1.165, 1.54) is 0 Å². The Kier molecular flexibility index (Phi) is 3.27. The summed E-state index contributed by atoms with van der Waals surface area (Å²) >= 11 is 0. The van der Waals surface area contributed by atoms with Gasteiger partial charge in [-0.15, -0.1) is 0 Å². The SMILES string of the molecule is NC(=O)NCCNc1nccn(C2CC2)c1=O. The molecule has 2 rings (SSSR count). The van der Waals surface area contributed by atoms with Crippen LogP contribution in [0.2, 0.25) is 0 Å². The summed E-state index contributed by atoms with van der Waals surface area (Å²) in [5, 5.41) is 5.30. The fourth-order valence-electron chi connectivity index (χ4n) is 1.55. The molecule has 1 fully saturated rings. The second-order valence-corrected chi connectivity index (χ2v) is 3.94. The molecule has 0 bridgehead atoms. The summed E-state index contributed by atoms with van der Waals surface area (Å²) in [6.07, 6.45) is 5.40. The van der Waals surface area contributed by atoms with E-state index in [9.17, 15) is 9.59 Å². The molecule has 1 aromatic rings. The quantitative estimate of drug-likeness (QED) is 0.609. The second-order valence-electron chi connectivity index (χ2n) is 3.94. The number of rotatable bonds is 5. The fraction of sp³-hybridized carbons (Fsp3) is 0.500. The number of hydrogen-bond acceptors (Lipinski definition) is 4. The molecule has 0 atom stereocenters. The van der Waals surface area contributed by atoms with E-state index in [0.717, 1.165) is 12.8 Å². The Morgan fingerprint density at radius 1 is 1.53 bits per heavy atom. The fourth-order valence-corrected chi connectivity index (χ4v) is 1.55. The number of primary amides is 1. The van der Waals surface area contributed by atoms with E-state index in [2.05, 4.69) is 15.6 Å². The van der Waals surface area contributed by atoms with Gasteiger partial charge in [0.15, 0.2) is 5.82 Å². The molecule has 7 nitrogen and oxygen atoms in total. The van der Waals surface area contributed by atoms with Crippen LogP contribution in [0.15, 0.2) is 17.2 Å². The average molecular weight is 237 g/mol. The van der Waals surface area contributed by atoms with Gasteiger partial charge in [0.25, 0.3) is 5.56 Å². The monoisotopic (exact) mass is 237 g/mol. The number of aromatic nitrogens is 2. The van der Waals surface area contributed by atoms with Crippen molar-refractivity contribution in [2.75, 3.05) is 18.4 Å². The largest absolute Gasteiger partial charge is 0.364 e. The zero-order chi connectivity index (χ0) is 12.3. The number of nitrogens with two attached hydrogens (primary N) is 1. The number of anilines is 1. The first-order valence-corrected chi connectivity index (χ1v) is 5.53. The molecule has 92 valence electrons. The maximum atomic E-state index is 11.9. The molecule has 2 amide bonds. The van der Waals surface area contributed by atoms with E-state index in [1.54, 1.807) is 17.0 Å². The number of nitrogens with one attached hydrogen (secondary N) is 2. The molecular weight excluding hydrogens is 222 g/mol. The third-order valence-electron chi connectivity index (χ3n) is 2.52. The lowest BCUT2D eigenvalue weighted by molar-refractivity contribution is 0.249. The Morgan fingerprint density at radius 3 is 2.94 bits per heavy atom. The minimum absolute atomic E-state index is 0.117. The van der Waals surface area contributed by atoms with Gasteiger partial charge in [-0.2, -0.15) is 0 Å². The van der Waals surface area contributed by atoms with Crippen LogP contribution in [0.3, 0.4) is 0 Å². The van der Waals surface area contributed by atoms with Crippen LogP contribution in [0.5, 0.6) is 0 Å². The van der Waals surface area contributed by atoms with Crippen LogP contribution in [0.1, 0.15) is 18.9 Å². The van der Waals surface area contributed by atoms with Crippen molar-refractivity contribution >= 4 is 11.8 Å². The molecule has 0 spiro atoms. The van der Waals surface area contributed by atoms with Crippen molar-refractivity contribution in [1.82, 2.24) is 14.9 Å². The highest BCUT2D eigenvalue weighted by atomic mass is 16.2. The predicted octanol–water partition coefficient (Wildman–Crippen LogP) is -0.342. The van der Waals surface area contributed by atoms with E-state index in [-0.39, 0.29) is 5.56 Å². The number of urea groups is 1. The predicted molar refractivity (Wildman–Crippen MR) is 62.8 cm³/mol. The van der Waals surface area contributed by atoms with Gasteiger partial charge in [-0.1, -0.05) is 0 Å². The number of nitrogens with zero attached hydrogens (tertiary/aromatic N) is 2. The summed E-state index contributed by atoms with van der Waals surface area (Å²) in [5.41, 5.74) is 4.80. The van der Waals surface area contributed by atoms with Crippen molar-refractivity contribution in [3.05, 3.63) is 22.7 Å². The Bertz CT molecular complexity index is 466. The van der Waals surface area contributed by atoms with Crippen molar-refractivity contribution in [2.45, 2.75) is 18.9 Å². The lowest BCUT2D eigenvalue weighted by atomic mass is 10.5. The molecule has 0 aliphatic heterocycles. The van der Waals surface area contributed by atoms with E-state index >= 15 is 0 Å². The lowest BCUT2D eigenvalue weighted by Gasteiger charge is -2.08. The molecule has 0 saturated heterocycles. The van der Waals surface area contributed by atoms with Gasteiger partial charge in [0, 0.05) is 31.5 Å². The minimum atomic E-state index is -0.580. The number of amides is 2. The Hall–Kier alpha value is -2.05. The molecule has 0 unspecified atom stereocenters. The number of carbonyl (C=O) groups is 1. The molecule has 0 radical (unpaired) electrons. The summed E-state index contributed by atoms with van der Waals surface area (Å²) < 4.78 is 1.69. The molecule has 1 heterocycles. The molecule has 1 aromatic heterocycles. The molecule has 1 saturated carbocycles. The highest BCUT2D eigenvalue weighted by Crippen LogP contribution is 2.33. The van der Waals surface area contributed by atoms with Gasteiger partial charge in [-0.3, -0.25) is 4.79 Å². The highest BCUT2D eigenvalue weighted by molar-refractivity contribution is 5.71. The third-order valence-corrected chi connectivity index (χ3v) is 2.52. The van der Waals surface area contributed by atoms with Crippen LogP contribution >= 0.6 is 0 Å². The van der Waals surface area contributed by atoms with Crippen molar-refractivity contribution in [3.8, 4) is 0 Å². The van der Waals surface area contributed by atoms with Gasteiger partial charge >= 0.3 is 6.03 Å². The van der Waals surface area contributed by atoms with Crippen molar-refractivity contribution in [2.24, 2.45) is 5.73 Å². The first-order valence-electron chi connectivity index (χ1n) is 5.53.